The van der Waals surface area contributed by atoms with E-state index in [2.05, 4.69) is 50.4 Å². The van der Waals surface area contributed by atoms with Gasteiger partial charge in [0.2, 0.25) is 0 Å². The fourth-order valence-electron chi connectivity index (χ4n) is 2.30. The Bertz CT molecular complexity index is 358. The zero-order valence-corrected chi connectivity index (χ0v) is 11.8. The summed E-state index contributed by atoms with van der Waals surface area (Å²) in [6.07, 6.45) is 2.39. The molecule has 0 amide bonds. The van der Waals surface area contributed by atoms with E-state index in [1.54, 1.807) is 0 Å². The Labute approximate surface area is 111 Å². The molecular weight excluding hydrogens is 222 g/mol. The van der Waals surface area contributed by atoms with Gasteiger partial charge >= 0.3 is 0 Å². The summed E-state index contributed by atoms with van der Waals surface area (Å²) in [6.45, 7) is 8.50. The third kappa shape index (κ3) is 3.74. The van der Waals surface area contributed by atoms with Gasteiger partial charge in [0, 0.05) is 6.04 Å². The maximum atomic E-state index is 5.60. The molecule has 0 heterocycles. The smallest absolute Gasteiger partial charge is 0.119 e. The lowest BCUT2D eigenvalue weighted by molar-refractivity contribution is 0.317. The third-order valence-electron chi connectivity index (χ3n) is 3.49. The molecule has 2 rings (SSSR count). The average Bonchev–Trinajstić information content (AvgIpc) is 3.14. The molecule has 0 saturated heterocycles. The van der Waals surface area contributed by atoms with Gasteiger partial charge in [0.05, 0.1) is 6.61 Å². The van der Waals surface area contributed by atoms with Crippen molar-refractivity contribution in [2.24, 2.45) is 5.92 Å². The standard InChI is InChI=1S/C16H25NO/c1-4-9-18-15-7-5-13(6-8-15)16-10-14(16)11-17-12(2)3/h5-8,12,14,16-17H,4,9-11H2,1-3H3. The first-order valence-corrected chi connectivity index (χ1v) is 7.16. The van der Waals surface area contributed by atoms with Crippen molar-refractivity contribution < 1.29 is 4.74 Å². The van der Waals surface area contributed by atoms with E-state index in [9.17, 15) is 0 Å². The lowest BCUT2D eigenvalue weighted by Gasteiger charge is -2.08. The quantitative estimate of drug-likeness (QED) is 0.795. The predicted molar refractivity (Wildman–Crippen MR) is 76.2 cm³/mol. The summed E-state index contributed by atoms with van der Waals surface area (Å²) < 4.78 is 5.60. The molecule has 1 aromatic carbocycles. The highest BCUT2D eigenvalue weighted by Gasteiger charge is 2.37. The van der Waals surface area contributed by atoms with Crippen LogP contribution in [0.5, 0.6) is 5.75 Å². The number of hydrogen-bond donors (Lipinski definition) is 1. The predicted octanol–water partition coefficient (Wildman–Crippen LogP) is 3.58. The molecular formula is C16H25NO. The molecule has 0 radical (unpaired) electrons. The molecule has 1 N–H and O–H groups in total. The summed E-state index contributed by atoms with van der Waals surface area (Å²) in [5.74, 6) is 2.59. The molecule has 18 heavy (non-hydrogen) atoms. The topological polar surface area (TPSA) is 21.3 Å². The van der Waals surface area contributed by atoms with Crippen LogP contribution in [0.2, 0.25) is 0 Å². The van der Waals surface area contributed by atoms with E-state index in [4.69, 9.17) is 4.74 Å². The number of nitrogens with one attached hydrogen (secondary N) is 1. The maximum absolute atomic E-state index is 5.60. The lowest BCUT2D eigenvalue weighted by atomic mass is 10.1. The average molecular weight is 247 g/mol. The molecule has 1 saturated carbocycles. The minimum absolute atomic E-state index is 0.594. The van der Waals surface area contributed by atoms with Crippen molar-refractivity contribution in [1.29, 1.82) is 0 Å². The Morgan fingerprint density at radius 3 is 2.61 bits per heavy atom. The van der Waals surface area contributed by atoms with Crippen molar-refractivity contribution in [2.45, 2.75) is 45.6 Å². The summed E-state index contributed by atoms with van der Waals surface area (Å²) >= 11 is 0. The van der Waals surface area contributed by atoms with Crippen LogP contribution >= 0.6 is 0 Å². The Morgan fingerprint density at radius 2 is 2.00 bits per heavy atom. The molecule has 0 aromatic heterocycles. The van der Waals surface area contributed by atoms with Crippen LogP contribution in [-0.2, 0) is 0 Å². The first-order valence-electron chi connectivity index (χ1n) is 7.16. The Hall–Kier alpha value is -1.02. The van der Waals surface area contributed by atoms with Crippen LogP contribution in [-0.4, -0.2) is 19.2 Å². The van der Waals surface area contributed by atoms with Crippen LogP contribution in [0.4, 0.5) is 0 Å². The van der Waals surface area contributed by atoms with Gasteiger partial charge in [-0.2, -0.15) is 0 Å². The molecule has 1 aliphatic rings. The Balaban J connectivity index is 1.80. The van der Waals surface area contributed by atoms with Crippen molar-refractivity contribution in [1.82, 2.24) is 5.32 Å². The molecule has 1 fully saturated rings. The molecule has 2 atom stereocenters. The van der Waals surface area contributed by atoms with E-state index in [0.717, 1.165) is 37.2 Å². The molecule has 100 valence electrons. The van der Waals surface area contributed by atoms with Crippen LogP contribution < -0.4 is 10.1 Å². The molecule has 0 bridgehead atoms. The molecule has 1 aliphatic carbocycles. The summed E-state index contributed by atoms with van der Waals surface area (Å²) in [7, 11) is 0. The van der Waals surface area contributed by atoms with Crippen LogP contribution in [0.3, 0.4) is 0 Å². The molecule has 2 heteroatoms. The largest absolute Gasteiger partial charge is 0.494 e. The van der Waals surface area contributed by atoms with E-state index in [0.29, 0.717) is 6.04 Å². The van der Waals surface area contributed by atoms with E-state index >= 15 is 0 Å². The summed E-state index contributed by atoms with van der Waals surface area (Å²) in [4.78, 5) is 0. The van der Waals surface area contributed by atoms with Gasteiger partial charge in [-0.3, -0.25) is 0 Å². The van der Waals surface area contributed by atoms with Crippen LogP contribution in [0, 0.1) is 5.92 Å². The SMILES string of the molecule is CCCOc1ccc(C2CC2CNC(C)C)cc1. The van der Waals surface area contributed by atoms with Gasteiger partial charge in [0.15, 0.2) is 0 Å². The Morgan fingerprint density at radius 1 is 1.28 bits per heavy atom. The highest BCUT2D eigenvalue weighted by atomic mass is 16.5. The lowest BCUT2D eigenvalue weighted by Crippen LogP contribution is -2.25. The fourth-order valence-corrected chi connectivity index (χ4v) is 2.30. The van der Waals surface area contributed by atoms with E-state index in [1.165, 1.54) is 12.0 Å². The second-order valence-corrected chi connectivity index (χ2v) is 5.58. The second-order valence-electron chi connectivity index (χ2n) is 5.58. The van der Waals surface area contributed by atoms with Gasteiger partial charge in [0.25, 0.3) is 0 Å². The van der Waals surface area contributed by atoms with Crippen LogP contribution in [0.1, 0.15) is 45.1 Å². The van der Waals surface area contributed by atoms with Crippen LogP contribution in [0.25, 0.3) is 0 Å². The van der Waals surface area contributed by atoms with Gasteiger partial charge < -0.3 is 10.1 Å². The van der Waals surface area contributed by atoms with Gasteiger partial charge in [-0.15, -0.1) is 0 Å². The molecule has 2 nitrogen and oxygen atoms in total. The van der Waals surface area contributed by atoms with Crippen molar-refractivity contribution in [2.75, 3.05) is 13.2 Å². The minimum atomic E-state index is 0.594. The zero-order chi connectivity index (χ0) is 13.0. The van der Waals surface area contributed by atoms with Crippen molar-refractivity contribution in [3.05, 3.63) is 29.8 Å². The van der Waals surface area contributed by atoms with Crippen molar-refractivity contribution in [3.63, 3.8) is 0 Å². The van der Waals surface area contributed by atoms with E-state index in [1.807, 2.05) is 0 Å². The first kappa shape index (κ1) is 13.4. The first-order chi connectivity index (χ1) is 8.70. The number of ether oxygens (including phenoxy) is 1. The summed E-state index contributed by atoms with van der Waals surface area (Å²) in [5, 5.41) is 3.52. The van der Waals surface area contributed by atoms with Gasteiger partial charge in [-0.1, -0.05) is 32.9 Å². The zero-order valence-electron chi connectivity index (χ0n) is 11.8. The summed E-state index contributed by atoms with van der Waals surface area (Å²) in [5.41, 5.74) is 1.47. The molecule has 1 aromatic rings. The van der Waals surface area contributed by atoms with Crippen molar-refractivity contribution in [3.8, 4) is 5.75 Å². The van der Waals surface area contributed by atoms with Gasteiger partial charge in [0.1, 0.15) is 5.75 Å². The van der Waals surface area contributed by atoms with Crippen LogP contribution in [0.15, 0.2) is 24.3 Å². The molecule has 0 spiro atoms. The van der Waals surface area contributed by atoms with E-state index in [-0.39, 0.29) is 0 Å². The third-order valence-corrected chi connectivity index (χ3v) is 3.49. The normalized spacial score (nSPS) is 22.2. The molecule has 0 aliphatic heterocycles. The fraction of sp³-hybridized carbons (Fsp3) is 0.625. The number of benzene rings is 1. The maximum Gasteiger partial charge on any atom is 0.119 e. The Kier molecular flexibility index (Phi) is 4.65. The minimum Gasteiger partial charge on any atom is -0.494 e. The van der Waals surface area contributed by atoms with E-state index < -0.39 is 0 Å². The summed E-state index contributed by atoms with van der Waals surface area (Å²) in [6, 6.07) is 9.26. The number of rotatable bonds is 7. The highest BCUT2D eigenvalue weighted by Crippen LogP contribution is 2.47. The van der Waals surface area contributed by atoms with Crippen molar-refractivity contribution >= 4 is 0 Å². The molecule has 2 unspecified atom stereocenters. The number of hydrogen-bond acceptors (Lipinski definition) is 2. The second kappa shape index (κ2) is 6.24. The van der Waals surface area contributed by atoms with Gasteiger partial charge in [-0.05, 0) is 48.9 Å². The highest BCUT2D eigenvalue weighted by molar-refractivity contribution is 5.32. The van der Waals surface area contributed by atoms with Gasteiger partial charge in [-0.25, -0.2) is 0 Å². The monoisotopic (exact) mass is 247 g/mol.